The Kier molecular flexibility index (Phi) is 4.20. The fraction of sp³-hybridized carbons (Fsp3) is 0.556. The smallest absolute Gasteiger partial charge is 0.452 e. The minimum absolute atomic E-state index is 0.592. The first-order chi connectivity index (χ1) is 7.12. The van der Waals surface area contributed by atoms with Gasteiger partial charge in [-0.1, -0.05) is 12.1 Å². The minimum Gasteiger partial charge on any atom is -0.452 e. The highest BCUT2D eigenvalue weighted by Crippen LogP contribution is 2.15. The second-order valence-electron chi connectivity index (χ2n) is 5.30. The molecule has 90 valence electrons. The fourth-order valence-corrected chi connectivity index (χ4v) is 11.0. The van der Waals surface area contributed by atoms with Gasteiger partial charge in [-0.3, -0.25) is 0 Å². The zero-order valence-electron chi connectivity index (χ0n) is 10.4. The summed E-state index contributed by atoms with van der Waals surface area (Å²) in [7, 11) is -4.80. The van der Waals surface area contributed by atoms with Crippen molar-refractivity contribution in [1.82, 2.24) is 0 Å². The Balaban J connectivity index is 2.89. The molecular weight excluding hydrogens is 255 g/mol. The molecule has 0 aliphatic heterocycles. The van der Waals surface area contributed by atoms with Crippen molar-refractivity contribution in [1.29, 1.82) is 0 Å². The van der Waals surface area contributed by atoms with E-state index in [1.807, 2.05) is 6.07 Å². The molecule has 0 saturated carbocycles. The highest BCUT2D eigenvalue weighted by molar-refractivity contribution is 7.32. The van der Waals surface area contributed by atoms with E-state index in [-0.39, 0.29) is 0 Å². The summed E-state index contributed by atoms with van der Waals surface area (Å²) in [5.74, 6) is 0. The topological polar surface area (TPSA) is 49.7 Å². The number of thiophene rings is 1. The van der Waals surface area contributed by atoms with Crippen LogP contribution >= 0.6 is 11.3 Å². The van der Waals surface area contributed by atoms with Crippen LogP contribution in [0.25, 0.3) is 0 Å². The van der Waals surface area contributed by atoms with Gasteiger partial charge in [-0.2, -0.15) is 11.3 Å². The Morgan fingerprint density at radius 3 is 2.06 bits per heavy atom. The largest absolute Gasteiger partial charge is 0.499 e. The van der Waals surface area contributed by atoms with Crippen LogP contribution in [0.1, 0.15) is 0 Å². The zero-order chi connectivity index (χ0) is 12.6. The zero-order valence-corrected chi connectivity index (χ0v) is 13.3. The van der Waals surface area contributed by atoms with Crippen molar-refractivity contribution in [3.05, 3.63) is 12.1 Å². The number of hydrogen-bond acceptors (Lipinski definition) is 4. The van der Waals surface area contributed by atoms with Crippen LogP contribution in [0.3, 0.4) is 0 Å². The normalized spacial score (nSPS) is 12.9. The van der Waals surface area contributed by atoms with Gasteiger partial charge in [0.2, 0.25) is 8.32 Å². The molecule has 0 spiro atoms. The van der Waals surface area contributed by atoms with Gasteiger partial charge >= 0.3 is 7.12 Å². The molecule has 0 atom stereocenters. The molecule has 0 aliphatic carbocycles. The third-order valence-corrected chi connectivity index (χ3v) is 10.6. The van der Waals surface area contributed by atoms with E-state index in [1.165, 1.54) is 11.3 Å². The molecule has 1 aromatic rings. The van der Waals surface area contributed by atoms with E-state index in [0.29, 0.717) is 4.78 Å². The Morgan fingerprint density at radius 2 is 1.69 bits per heavy atom. The summed E-state index contributed by atoms with van der Waals surface area (Å²) in [6.07, 6.45) is 0. The monoisotopic (exact) mass is 274 g/mol. The molecule has 1 rings (SSSR count). The quantitative estimate of drug-likeness (QED) is 0.794. The lowest BCUT2D eigenvalue weighted by molar-refractivity contribution is 0.427. The molecule has 7 heteroatoms. The number of rotatable bonds is 4. The lowest BCUT2D eigenvalue weighted by Crippen LogP contribution is -2.50. The molecule has 0 unspecified atom stereocenters. The standard InChI is InChI=1S/C9H19BO3SSi2/c1-15(2,3)13-16(4,5)9-7-6-8(14-9)10(11)12/h6-7,11-12H,1-5H3. The predicted octanol–water partition coefficient (Wildman–Crippen LogP) is 0.691. The van der Waals surface area contributed by atoms with Crippen molar-refractivity contribution in [3.63, 3.8) is 0 Å². The van der Waals surface area contributed by atoms with Crippen LogP contribution in [-0.2, 0) is 4.12 Å². The molecule has 0 radical (unpaired) electrons. The predicted molar refractivity (Wildman–Crippen MR) is 75.7 cm³/mol. The van der Waals surface area contributed by atoms with Crippen LogP contribution in [0.5, 0.6) is 0 Å². The average Bonchev–Trinajstić information content (AvgIpc) is 2.46. The van der Waals surface area contributed by atoms with E-state index in [4.69, 9.17) is 14.2 Å². The van der Waals surface area contributed by atoms with Gasteiger partial charge in [-0.05, 0) is 32.7 Å². The van der Waals surface area contributed by atoms with Crippen molar-refractivity contribution in [2.75, 3.05) is 0 Å². The molecule has 0 bridgehead atoms. The van der Waals surface area contributed by atoms with Gasteiger partial charge in [0.1, 0.15) is 0 Å². The first-order valence-electron chi connectivity index (χ1n) is 5.28. The molecular formula is C9H19BO3SSi2. The molecule has 0 aromatic carbocycles. The van der Waals surface area contributed by atoms with Gasteiger partial charge in [-0.15, -0.1) is 0 Å². The van der Waals surface area contributed by atoms with E-state index < -0.39 is 23.8 Å². The van der Waals surface area contributed by atoms with E-state index in [9.17, 15) is 0 Å². The first-order valence-corrected chi connectivity index (χ1v) is 12.4. The molecule has 0 saturated heterocycles. The molecule has 16 heavy (non-hydrogen) atoms. The van der Waals surface area contributed by atoms with Crippen LogP contribution in [0.2, 0.25) is 32.7 Å². The first kappa shape index (κ1) is 14.1. The summed E-state index contributed by atoms with van der Waals surface area (Å²) in [6.45, 7) is 10.8. The van der Waals surface area contributed by atoms with E-state index in [1.54, 1.807) is 6.07 Å². The Hall–Kier alpha value is 0.0787. The van der Waals surface area contributed by atoms with Gasteiger partial charge in [0, 0.05) is 9.28 Å². The second kappa shape index (κ2) is 4.75. The van der Waals surface area contributed by atoms with Crippen molar-refractivity contribution in [2.24, 2.45) is 0 Å². The van der Waals surface area contributed by atoms with Crippen LogP contribution in [-0.4, -0.2) is 33.8 Å². The maximum atomic E-state index is 9.08. The summed E-state index contributed by atoms with van der Waals surface area (Å²) in [6, 6.07) is 3.73. The van der Waals surface area contributed by atoms with E-state index >= 15 is 0 Å². The van der Waals surface area contributed by atoms with Gasteiger partial charge in [0.05, 0.1) is 0 Å². The maximum absolute atomic E-state index is 9.08. The minimum atomic E-state index is -1.88. The molecule has 3 nitrogen and oxygen atoms in total. The Morgan fingerprint density at radius 1 is 1.12 bits per heavy atom. The van der Waals surface area contributed by atoms with Gasteiger partial charge in [-0.25, -0.2) is 0 Å². The molecule has 1 aromatic heterocycles. The molecule has 1 heterocycles. The Labute approximate surface area is 103 Å². The molecule has 2 N–H and O–H groups in total. The van der Waals surface area contributed by atoms with Gasteiger partial charge in [0.15, 0.2) is 8.32 Å². The highest BCUT2D eigenvalue weighted by Gasteiger charge is 2.33. The van der Waals surface area contributed by atoms with Crippen LogP contribution in [0, 0.1) is 0 Å². The third-order valence-electron chi connectivity index (χ3n) is 2.04. The highest BCUT2D eigenvalue weighted by atomic mass is 32.1. The summed E-state index contributed by atoms with van der Waals surface area (Å²) in [5.41, 5.74) is 0. The summed E-state index contributed by atoms with van der Waals surface area (Å²) < 4.78 is 7.99. The van der Waals surface area contributed by atoms with Gasteiger partial charge in [0.25, 0.3) is 0 Å². The van der Waals surface area contributed by atoms with Crippen LogP contribution in [0.4, 0.5) is 0 Å². The van der Waals surface area contributed by atoms with Gasteiger partial charge < -0.3 is 14.2 Å². The summed E-state index contributed by atoms with van der Waals surface area (Å²) in [4.78, 5) is 0. The average molecular weight is 274 g/mol. The lowest BCUT2D eigenvalue weighted by Gasteiger charge is -2.30. The van der Waals surface area contributed by atoms with Crippen molar-refractivity contribution in [3.8, 4) is 0 Å². The lowest BCUT2D eigenvalue weighted by atomic mass is 9.90. The summed E-state index contributed by atoms with van der Waals surface area (Å²) >= 11 is 1.45. The van der Waals surface area contributed by atoms with Crippen LogP contribution < -0.4 is 9.28 Å². The fourth-order valence-electron chi connectivity index (χ4n) is 1.63. The van der Waals surface area contributed by atoms with E-state index in [2.05, 4.69) is 32.7 Å². The number of hydrogen-bond donors (Lipinski definition) is 2. The van der Waals surface area contributed by atoms with Crippen molar-refractivity contribution >= 4 is 44.4 Å². The molecule has 0 fully saturated rings. The van der Waals surface area contributed by atoms with E-state index in [0.717, 1.165) is 4.50 Å². The molecule has 0 amide bonds. The maximum Gasteiger partial charge on any atom is 0.499 e. The second-order valence-corrected chi connectivity index (χ2v) is 15.4. The third kappa shape index (κ3) is 3.83. The van der Waals surface area contributed by atoms with Crippen LogP contribution in [0.15, 0.2) is 12.1 Å². The summed E-state index contributed by atoms with van der Waals surface area (Å²) in [5, 5.41) is 18.2. The molecule has 0 aliphatic rings. The SMILES string of the molecule is C[Si](C)(C)O[Si](C)(C)c1ccc(B(O)O)s1. The Bertz CT molecular complexity index is 360. The van der Waals surface area contributed by atoms with Crippen molar-refractivity contribution in [2.45, 2.75) is 32.7 Å². The van der Waals surface area contributed by atoms with Crippen molar-refractivity contribution < 1.29 is 14.2 Å².